The molecule has 0 fully saturated rings. The number of unbranched alkanes of at least 4 members (excludes halogenated alkanes) is 5. The molecular formula is C19H24BrCl. The molecule has 2 aromatic carbocycles. The summed E-state index contributed by atoms with van der Waals surface area (Å²) in [5, 5.41) is 3.27. The molecule has 2 rings (SSSR count). The second kappa shape index (κ2) is 8.80. The minimum absolute atomic E-state index is 0.422. The van der Waals surface area contributed by atoms with Crippen LogP contribution >= 0.6 is 27.5 Å². The van der Waals surface area contributed by atoms with Gasteiger partial charge < -0.3 is 0 Å². The quantitative estimate of drug-likeness (QED) is 0.331. The van der Waals surface area contributed by atoms with Gasteiger partial charge in [0.15, 0.2) is 0 Å². The van der Waals surface area contributed by atoms with Gasteiger partial charge in [-0.3, -0.25) is 0 Å². The van der Waals surface area contributed by atoms with Crippen LogP contribution in [0.3, 0.4) is 0 Å². The van der Waals surface area contributed by atoms with Crippen molar-refractivity contribution >= 4 is 38.3 Å². The van der Waals surface area contributed by atoms with Crippen LogP contribution in [0.2, 0.25) is 5.02 Å². The Morgan fingerprint density at radius 3 is 2.33 bits per heavy atom. The van der Waals surface area contributed by atoms with Gasteiger partial charge in [0, 0.05) is 15.2 Å². The smallest absolute Gasteiger partial charge is 0.0484 e. The summed E-state index contributed by atoms with van der Waals surface area (Å²) in [5.41, 5.74) is 1.36. The van der Waals surface area contributed by atoms with E-state index in [9.17, 15) is 0 Å². The second-order valence-electron chi connectivity index (χ2n) is 5.71. The summed E-state index contributed by atoms with van der Waals surface area (Å²) in [6.45, 7) is 2.26. The minimum atomic E-state index is 0.422. The highest BCUT2D eigenvalue weighted by atomic mass is 79.9. The number of hydrogen-bond donors (Lipinski definition) is 0. The number of benzene rings is 2. The Hall–Kier alpha value is -0.530. The van der Waals surface area contributed by atoms with E-state index >= 15 is 0 Å². The van der Waals surface area contributed by atoms with Gasteiger partial charge in [-0.15, -0.1) is 0 Å². The molecule has 2 aromatic rings. The van der Waals surface area contributed by atoms with E-state index in [1.807, 2.05) is 6.07 Å². The average molecular weight is 368 g/mol. The summed E-state index contributed by atoms with van der Waals surface area (Å²) >= 11 is 10.2. The van der Waals surface area contributed by atoms with Crippen LogP contribution in [0.15, 0.2) is 36.4 Å². The van der Waals surface area contributed by atoms with E-state index in [1.54, 1.807) is 0 Å². The molecule has 0 aliphatic rings. The Morgan fingerprint density at radius 1 is 0.905 bits per heavy atom. The third-order valence-corrected chi connectivity index (χ3v) is 5.33. The van der Waals surface area contributed by atoms with Crippen LogP contribution in [0.25, 0.3) is 10.8 Å². The zero-order valence-electron chi connectivity index (χ0n) is 12.7. The predicted molar refractivity (Wildman–Crippen MR) is 98.6 cm³/mol. The number of rotatable bonds is 8. The fraction of sp³-hybridized carbons (Fsp3) is 0.474. The molecule has 0 nitrogen and oxygen atoms in total. The van der Waals surface area contributed by atoms with Crippen molar-refractivity contribution in [2.24, 2.45) is 0 Å². The SMILES string of the molecule is CCCCCCCCC(Br)c1ccc(Cl)c2ccccc12. The molecule has 0 saturated carbocycles. The predicted octanol–water partition coefficient (Wildman–Crippen LogP) is 7.68. The van der Waals surface area contributed by atoms with Crippen molar-refractivity contribution in [3.8, 4) is 0 Å². The van der Waals surface area contributed by atoms with Gasteiger partial charge in [-0.25, -0.2) is 0 Å². The first-order chi connectivity index (χ1) is 10.2. The van der Waals surface area contributed by atoms with Crippen molar-refractivity contribution in [1.82, 2.24) is 0 Å². The Bertz CT molecular complexity index is 564. The van der Waals surface area contributed by atoms with Crippen LogP contribution in [0, 0.1) is 0 Å². The fourth-order valence-electron chi connectivity index (χ4n) is 2.82. The molecule has 1 atom stereocenters. The first-order valence-electron chi connectivity index (χ1n) is 8.05. The van der Waals surface area contributed by atoms with Gasteiger partial charge in [0.05, 0.1) is 0 Å². The maximum Gasteiger partial charge on any atom is 0.0484 e. The van der Waals surface area contributed by atoms with E-state index in [-0.39, 0.29) is 0 Å². The third-order valence-electron chi connectivity index (χ3n) is 4.05. The van der Waals surface area contributed by atoms with Gasteiger partial charge in [0.25, 0.3) is 0 Å². The van der Waals surface area contributed by atoms with Crippen LogP contribution in [0.5, 0.6) is 0 Å². The van der Waals surface area contributed by atoms with Gasteiger partial charge in [0.1, 0.15) is 0 Å². The van der Waals surface area contributed by atoms with Crippen molar-refractivity contribution < 1.29 is 0 Å². The highest BCUT2D eigenvalue weighted by molar-refractivity contribution is 9.09. The largest absolute Gasteiger partial charge is 0.0839 e. The average Bonchev–Trinajstić information content (AvgIpc) is 2.51. The molecule has 0 spiro atoms. The van der Waals surface area contributed by atoms with Crippen molar-refractivity contribution in [2.45, 2.75) is 56.7 Å². The molecule has 1 unspecified atom stereocenters. The lowest BCUT2D eigenvalue weighted by atomic mass is 9.99. The summed E-state index contributed by atoms with van der Waals surface area (Å²) in [5.74, 6) is 0. The zero-order valence-corrected chi connectivity index (χ0v) is 15.1. The van der Waals surface area contributed by atoms with Crippen molar-refractivity contribution in [1.29, 1.82) is 0 Å². The zero-order chi connectivity index (χ0) is 15.1. The minimum Gasteiger partial charge on any atom is -0.0839 e. The van der Waals surface area contributed by atoms with Gasteiger partial charge in [-0.1, -0.05) is 103 Å². The Labute approximate surface area is 142 Å². The molecule has 0 heterocycles. The second-order valence-corrected chi connectivity index (χ2v) is 7.22. The molecule has 0 saturated heterocycles. The van der Waals surface area contributed by atoms with Crippen LogP contribution in [-0.2, 0) is 0 Å². The van der Waals surface area contributed by atoms with E-state index in [4.69, 9.17) is 11.6 Å². The fourth-order valence-corrected chi connectivity index (χ4v) is 3.77. The number of hydrogen-bond acceptors (Lipinski definition) is 0. The number of alkyl halides is 1. The normalized spacial score (nSPS) is 12.7. The highest BCUT2D eigenvalue weighted by Gasteiger charge is 2.12. The maximum atomic E-state index is 6.29. The molecule has 0 amide bonds. The van der Waals surface area contributed by atoms with Crippen molar-refractivity contribution in [2.75, 3.05) is 0 Å². The lowest BCUT2D eigenvalue weighted by Gasteiger charge is -2.14. The standard InChI is InChI=1S/C19H24BrCl/c1-2-3-4-5-6-7-12-18(20)16-13-14-19(21)17-11-9-8-10-15(16)17/h8-11,13-14,18H,2-7,12H2,1H3. The van der Waals surface area contributed by atoms with Gasteiger partial charge in [-0.05, 0) is 23.4 Å². The third kappa shape index (κ3) is 4.72. The molecule has 2 heteroatoms. The molecule has 0 radical (unpaired) electrons. The summed E-state index contributed by atoms with van der Waals surface area (Å²) in [6, 6.07) is 12.6. The monoisotopic (exact) mass is 366 g/mol. The first-order valence-corrected chi connectivity index (χ1v) is 9.34. The maximum absolute atomic E-state index is 6.29. The van der Waals surface area contributed by atoms with Crippen molar-refractivity contribution in [3.05, 3.63) is 47.0 Å². The molecular weight excluding hydrogens is 344 g/mol. The summed E-state index contributed by atoms with van der Waals surface area (Å²) in [6.07, 6.45) is 9.27. The van der Waals surface area contributed by atoms with E-state index < -0.39 is 0 Å². The van der Waals surface area contributed by atoms with E-state index in [0.717, 1.165) is 10.4 Å². The summed E-state index contributed by atoms with van der Waals surface area (Å²) in [4.78, 5) is 0.422. The molecule has 0 aromatic heterocycles. The Balaban J connectivity index is 1.97. The lowest BCUT2D eigenvalue weighted by Crippen LogP contribution is -1.93. The van der Waals surface area contributed by atoms with E-state index in [0.29, 0.717) is 4.83 Å². The number of halogens is 2. The molecule has 0 aliphatic carbocycles. The van der Waals surface area contributed by atoms with Crippen LogP contribution in [-0.4, -0.2) is 0 Å². The Morgan fingerprint density at radius 2 is 1.57 bits per heavy atom. The van der Waals surface area contributed by atoms with Crippen LogP contribution < -0.4 is 0 Å². The summed E-state index contributed by atoms with van der Waals surface area (Å²) < 4.78 is 0. The van der Waals surface area contributed by atoms with Crippen molar-refractivity contribution in [3.63, 3.8) is 0 Å². The number of fused-ring (bicyclic) bond motifs is 1. The van der Waals surface area contributed by atoms with Crippen LogP contribution in [0.1, 0.15) is 62.3 Å². The molecule has 0 aliphatic heterocycles. The molecule has 114 valence electrons. The lowest BCUT2D eigenvalue weighted by molar-refractivity contribution is 0.589. The molecule has 0 N–H and O–H groups in total. The van der Waals surface area contributed by atoms with Gasteiger partial charge in [-0.2, -0.15) is 0 Å². The topological polar surface area (TPSA) is 0 Å². The molecule has 0 bridgehead atoms. The van der Waals surface area contributed by atoms with E-state index in [2.05, 4.69) is 53.2 Å². The van der Waals surface area contributed by atoms with Gasteiger partial charge in [0.2, 0.25) is 0 Å². The highest BCUT2D eigenvalue weighted by Crippen LogP contribution is 2.36. The summed E-state index contributed by atoms with van der Waals surface area (Å²) in [7, 11) is 0. The van der Waals surface area contributed by atoms with Gasteiger partial charge >= 0.3 is 0 Å². The Kier molecular flexibility index (Phi) is 7.06. The van der Waals surface area contributed by atoms with E-state index in [1.165, 1.54) is 55.9 Å². The first kappa shape index (κ1) is 16.8. The molecule has 21 heavy (non-hydrogen) atoms. The van der Waals surface area contributed by atoms with Crippen LogP contribution in [0.4, 0.5) is 0 Å².